The van der Waals surface area contributed by atoms with Crippen molar-refractivity contribution in [1.82, 2.24) is 54.5 Å². The maximum absolute atomic E-state index is 5.89. The lowest BCUT2D eigenvalue weighted by molar-refractivity contribution is 0.568. The molecule has 0 unspecified atom stereocenters. The molecule has 0 atom stereocenters. The van der Waals surface area contributed by atoms with Crippen molar-refractivity contribution in [3.63, 3.8) is 0 Å². The number of hydrogen-bond donors (Lipinski definition) is 2. The van der Waals surface area contributed by atoms with Crippen molar-refractivity contribution in [2.24, 2.45) is 0 Å². The zero-order chi connectivity index (χ0) is 78.5. The standard InChI is InChI=1S/C99H109N11/c1-92(2,3)65-31-43-84-74(54-65)75-55-66(93(4,5)6)32-44-85(75)109(84)73-33-29-60(30-34-73)86-56-100-106-110(86)87-58-108(107-105-87)57-59-25-27-61(28-26-59)88-76-35-37-78(101-76)89(62-45-67(94(7,8)9)51-68(46-62)95(10,11)12)80-39-41-82(103-80)91(64-49-71(98(19,20)21)53-72(50-64)99(22,23)24)83-42-40-81(104-83)90(79-38-36-77(88)102-79)63-47-69(96(13,14)15)52-70(48-63)97(16,17)18/h25-56,58,101,104H,57H2,1-24H3. The molecule has 2 N–H and O–H groups in total. The van der Waals surface area contributed by atoms with E-state index in [1.165, 1.54) is 66.3 Å². The summed E-state index contributed by atoms with van der Waals surface area (Å²) in [7, 11) is 0. The normalized spacial score (nSPS) is 13.4. The number of H-pyrrole nitrogens is 2. The molecule has 0 aliphatic carbocycles. The fraction of sp³-hybridized carbons (Fsp3) is 0.333. The minimum atomic E-state index is -0.139. The van der Waals surface area contributed by atoms with E-state index in [-0.39, 0.29) is 43.3 Å². The Morgan fingerprint density at radius 2 is 0.655 bits per heavy atom. The Bertz CT molecular complexity index is 5800. The first-order chi connectivity index (χ1) is 51.5. The summed E-state index contributed by atoms with van der Waals surface area (Å²) in [6, 6.07) is 62.1. The SMILES string of the molecule is CC(C)(C)c1cc(-c2c3nc(c(-c4cc(C(C)(C)C)cc(C(C)(C)C)c4)c4ccc([nH]4)c(-c4cc(C(C)(C)C)cc(C(C)(C)C)c4)c4nc(c(-c5ccc(Cn6cc(-n7nncc7-c7ccc(-n8c9ccc(C(C)(C)C)cc9c9cc(C(C)(C)C)ccc98)cc7)nn6)cc5)c5ccc2[nH]5)C=C4)C=C3)cc(C(C)(C)C)c1. The summed E-state index contributed by atoms with van der Waals surface area (Å²) in [5, 5.41) is 20.9. The van der Waals surface area contributed by atoms with E-state index < -0.39 is 0 Å². The van der Waals surface area contributed by atoms with Gasteiger partial charge in [0, 0.05) is 66.3 Å². The average Bonchev–Trinajstić information content (AvgIpc) is 1.58. The zero-order valence-electron chi connectivity index (χ0n) is 69.3. The molecule has 0 saturated carbocycles. The molecule has 13 aromatic rings. The van der Waals surface area contributed by atoms with Gasteiger partial charge < -0.3 is 14.5 Å². The van der Waals surface area contributed by atoms with E-state index in [2.05, 4.69) is 379 Å². The topological polar surface area (TPSA) is 124 Å². The van der Waals surface area contributed by atoms with Crippen LogP contribution in [0.3, 0.4) is 0 Å². The minimum Gasteiger partial charge on any atom is -0.354 e. The third-order valence-electron chi connectivity index (χ3n) is 22.4. The lowest BCUT2D eigenvalue weighted by atomic mass is 9.78. The number of nitrogens with one attached hydrogen (secondary N) is 2. The van der Waals surface area contributed by atoms with E-state index in [1.54, 1.807) is 10.9 Å². The first-order valence-electron chi connectivity index (χ1n) is 39.3. The van der Waals surface area contributed by atoms with Gasteiger partial charge in [-0.3, -0.25) is 0 Å². The summed E-state index contributed by atoms with van der Waals surface area (Å²) in [6.07, 6.45) is 12.6. The predicted octanol–water partition coefficient (Wildman–Crippen LogP) is 25.7. The lowest BCUT2D eigenvalue weighted by Crippen LogP contribution is -2.16. The molecular formula is C99H109N11. The third-order valence-corrected chi connectivity index (χ3v) is 22.4. The van der Waals surface area contributed by atoms with Crippen molar-refractivity contribution in [3.05, 3.63) is 249 Å². The van der Waals surface area contributed by atoms with Gasteiger partial charge in [-0.15, -0.1) is 10.2 Å². The summed E-state index contributed by atoms with van der Waals surface area (Å²) in [5.41, 5.74) is 31.4. The number of aromatic nitrogens is 11. The van der Waals surface area contributed by atoms with Gasteiger partial charge in [0.15, 0.2) is 5.82 Å². The fourth-order valence-corrected chi connectivity index (χ4v) is 15.4. The molecule has 0 fully saturated rings. The van der Waals surface area contributed by atoms with Crippen molar-refractivity contribution in [3.8, 4) is 67.3 Å². The van der Waals surface area contributed by atoms with E-state index in [9.17, 15) is 0 Å². The fourth-order valence-electron chi connectivity index (χ4n) is 15.4. The Hall–Kier alpha value is -10.8. The molecule has 15 rings (SSSR count). The highest BCUT2D eigenvalue weighted by Gasteiger charge is 2.30. The summed E-state index contributed by atoms with van der Waals surface area (Å²) in [4.78, 5) is 20.0. The van der Waals surface area contributed by atoms with Gasteiger partial charge in [-0.25, -0.2) is 14.6 Å². The molecule has 11 heteroatoms. The third kappa shape index (κ3) is 14.4. The second kappa shape index (κ2) is 26.5. The van der Waals surface area contributed by atoms with Crippen molar-refractivity contribution in [2.75, 3.05) is 0 Å². The van der Waals surface area contributed by atoms with Crippen LogP contribution < -0.4 is 0 Å². The molecule has 0 radical (unpaired) electrons. The highest BCUT2D eigenvalue weighted by Crippen LogP contribution is 2.46. The minimum absolute atomic E-state index is 0.0120. The molecule has 8 heterocycles. The summed E-state index contributed by atoms with van der Waals surface area (Å²) in [6.45, 7) is 55.8. The number of nitrogens with zero attached hydrogens (tertiary/aromatic N) is 9. The van der Waals surface area contributed by atoms with Crippen LogP contribution in [0.5, 0.6) is 0 Å². The number of hydrogen-bond acceptors (Lipinski definition) is 6. The van der Waals surface area contributed by atoms with Crippen LogP contribution in [0.25, 0.3) is 135 Å². The van der Waals surface area contributed by atoms with E-state index in [0.29, 0.717) is 12.4 Å². The number of fused-ring (bicyclic) bond motifs is 11. The maximum Gasteiger partial charge on any atom is 0.197 e. The summed E-state index contributed by atoms with van der Waals surface area (Å²) >= 11 is 0. The Kier molecular flexibility index (Phi) is 18.0. The monoisotopic (exact) mass is 1450 g/mol. The van der Waals surface area contributed by atoms with Gasteiger partial charge in [0.1, 0.15) is 0 Å². The molecule has 6 aromatic heterocycles. The van der Waals surface area contributed by atoms with Crippen LogP contribution in [0.15, 0.2) is 176 Å². The molecular weight excluding hydrogens is 1340 g/mol. The van der Waals surface area contributed by atoms with Crippen molar-refractivity contribution >= 4 is 68.2 Å². The Morgan fingerprint density at radius 1 is 0.318 bits per heavy atom. The van der Waals surface area contributed by atoms with Crippen LogP contribution in [0.2, 0.25) is 0 Å². The molecule has 110 heavy (non-hydrogen) atoms. The quantitative estimate of drug-likeness (QED) is 0.148. The van der Waals surface area contributed by atoms with E-state index >= 15 is 0 Å². The molecule has 7 aromatic carbocycles. The van der Waals surface area contributed by atoms with Crippen LogP contribution in [0.4, 0.5) is 0 Å². The van der Waals surface area contributed by atoms with E-state index in [4.69, 9.17) is 20.3 Å². The Labute approximate surface area is 651 Å². The second-order valence-electron chi connectivity index (χ2n) is 39.2. The average molecular weight is 1450 g/mol. The molecule has 560 valence electrons. The molecule has 8 bridgehead atoms. The van der Waals surface area contributed by atoms with E-state index in [0.717, 1.165) is 112 Å². The van der Waals surface area contributed by atoms with Gasteiger partial charge in [-0.05, 0) is 201 Å². The summed E-state index contributed by atoms with van der Waals surface area (Å²) < 4.78 is 6.03. The van der Waals surface area contributed by atoms with Crippen LogP contribution >= 0.6 is 0 Å². The summed E-state index contributed by atoms with van der Waals surface area (Å²) in [5.74, 6) is 0.571. The van der Waals surface area contributed by atoms with Gasteiger partial charge in [0.25, 0.3) is 0 Å². The number of rotatable bonds is 9. The smallest absolute Gasteiger partial charge is 0.197 e. The molecule has 0 saturated heterocycles. The molecule has 11 nitrogen and oxygen atoms in total. The maximum atomic E-state index is 5.89. The highest BCUT2D eigenvalue weighted by atomic mass is 15.5. The largest absolute Gasteiger partial charge is 0.354 e. The first-order valence-corrected chi connectivity index (χ1v) is 39.3. The van der Waals surface area contributed by atoms with Gasteiger partial charge in [0.2, 0.25) is 0 Å². The van der Waals surface area contributed by atoms with Crippen molar-refractivity contribution in [1.29, 1.82) is 0 Å². The predicted molar refractivity (Wildman–Crippen MR) is 464 cm³/mol. The second-order valence-corrected chi connectivity index (χ2v) is 39.2. The zero-order valence-corrected chi connectivity index (χ0v) is 69.3. The number of benzene rings is 7. The van der Waals surface area contributed by atoms with Crippen LogP contribution in [-0.4, -0.2) is 54.5 Å². The van der Waals surface area contributed by atoms with Gasteiger partial charge in [-0.1, -0.05) is 280 Å². The van der Waals surface area contributed by atoms with Crippen molar-refractivity contribution < 1.29 is 0 Å². The van der Waals surface area contributed by atoms with Crippen LogP contribution in [-0.2, 0) is 49.9 Å². The molecule has 2 aliphatic rings. The van der Waals surface area contributed by atoms with Crippen molar-refractivity contribution in [2.45, 2.75) is 216 Å². The van der Waals surface area contributed by atoms with Crippen LogP contribution in [0, 0.1) is 0 Å². The van der Waals surface area contributed by atoms with E-state index in [1.807, 2.05) is 10.9 Å². The Morgan fingerprint density at radius 3 is 1.00 bits per heavy atom. The Balaban J connectivity index is 0.875. The lowest BCUT2D eigenvalue weighted by Gasteiger charge is -2.26. The molecule has 2 aliphatic heterocycles. The van der Waals surface area contributed by atoms with Gasteiger partial charge in [-0.2, -0.15) is 4.68 Å². The molecule has 0 spiro atoms. The van der Waals surface area contributed by atoms with Crippen LogP contribution in [0.1, 0.15) is 239 Å². The molecule has 0 amide bonds. The van der Waals surface area contributed by atoms with Gasteiger partial charge in [0.05, 0.1) is 58.4 Å². The number of aromatic amines is 2. The highest BCUT2D eigenvalue weighted by molar-refractivity contribution is 6.10. The van der Waals surface area contributed by atoms with Gasteiger partial charge >= 0.3 is 0 Å². The first kappa shape index (κ1) is 74.7.